The van der Waals surface area contributed by atoms with E-state index in [-0.39, 0.29) is 5.91 Å². The van der Waals surface area contributed by atoms with E-state index in [1.54, 1.807) is 23.7 Å². The molecule has 0 saturated carbocycles. The summed E-state index contributed by atoms with van der Waals surface area (Å²) < 4.78 is 0. The van der Waals surface area contributed by atoms with Gasteiger partial charge < -0.3 is 10.2 Å². The van der Waals surface area contributed by atoms with E-state index in [1.807, 2.05) is 23.6 Å². The van der Waals surface area contributed by atoms with Gasteiger partial charge in [0.05, 0.1) is 6.42 Å². The summed E-state index contributed by atoms with van der Waals surface area (Å²) in [5.41, 5.74) is 0. The van der Waals surface area contributed by atoms with Gasteiger partial charge in [0, 0.05) is 36.9 Å². The van der Waals surface area contributed by atoms with Gasteiger partial charge in [0.2, 0.25) is 11.9 Å². The van der Waals surface area contributed by atoms with Gasteiger partial charge in [-0.1, -0.05) is 6.07 Å². The molecule has 0 atom stereocenters. The van der Waals surface area contributed by atoms with Crippen LogP contribution in [0.4, 0.5) is 5.95 Å². The Balaban J connectivity index is 1.40. The summed E-state index contributed by atoms with van der Waals surface area (Å²) in [4.78, 5) is 23.8. The fourth-order valence-electron chi connectivity index (χ4n) is 2.68. The van der Waals surface area contributed by atoms with Crippen LogP contribution in [-0.2, 0) is 11.2 Å². The molecule has 5 nitrogen and oxygen atoms in total. The predicted molar refractivity (Wildman–Crippen MR) is 88.0 cm³/mol. The molecule has 1 N–H and O–H groups in total. The molecule has 0 unspecified atom stereocenters. The number of hydrogen-bond donors (Lipinski definition) is 1. The first-order chi connectivity index (χ1) is 10.8. The molecule has 0 bridgehead atoms. The van der Waals surface area contributed by atoms with Gasteiger partial charge in [0.15, 0.2) is 0 Å². The van der Waals surface area contributed by atoms with Crippen molar-refractivity contribution in [1.82, 2.24) is 15.3 Å². The maximum atomic E-state index is 11.9. The Kier molecular flexibility index (Phi) is 5.00. The zero-order valence-corrected chi connectivity index (χ0v) is 13.3. The largest absolute Gasteiger partial charge is 0.356 e. The molecule has 3 heterocycles. The summed E-state index contributed by atoms with van der Waals surface area (Å²) >= 11 is 1.63. The molecule has 1 fully saturated rings. The Labute approximate surface area is 134 Å². The van der Waals surface area contributed by atoms with E-state index in [9.17, 15) is 4.79 Å². The lowest BCUT2D eigenvalue weighted by molar-refractivity contribution is -0.120. The van der Waals surface area contributed by atoms with Crippen molar-refractivity contribution in [3.63, 3.8) is 0 Å². The van der Waals surface area contributed by atoms with Crippen LogP contribution < -0.4 is 10.2 Å². The number of carbonyl (C=O) groups is 1. The summed E-state index contributed by atoms with van der Waals surface area (Å²) in [5, 5.41) is 5.07. The highest BCUT2D eigenvalue weighted by molar-refractivity contribution is 7.10. The number of amides is 1. The Bertz CT molecular complexity index is 579. The van der Waals surface area contributed by atoms with Crippen LogP contribution in [0.3, 0.4) is 0 Å². The summed E-state index contributed by atoms with van der Waals surface area (Å²) in [6.45, 7) is 2.68. The van der Waals surface area contributed by atoms with Crippen LogP contribution in [0, 0.1) is 5.92 Å². The lowest BCUT2D eigenvalue weighted by Gasteiger charge is -2.31. The van der Waals surface area contributed by atoms with Gasteiger partial charge in [-0.25, -0.2) is 9.97 Å². The maximum Gasteiger partial charge on any atom is 0.225 e. The number of nitrogens with zero attached hydrogens (tertiary/aromatic N) is 3. The number of nitrogens with one attached hydrogen (secondary N) is 1. The third-order valence-corrected chi connectivity index (χ3v) is 4.83. The molecule has 0 spiro atoms. The molecular formula is C16H20N4OS. The molecular weight excluding hydrogens is 296 g/mol. The molecule has 116 valence electrons. The van der Waals surface area contributed by atoms with Crippen LogP contribution in [0.2, 0.25) is 0 Å². The number of piperidine rings is 1. The fourth-order valence-corrected chi connectivity index (χ4v) is 3.39. The van der Waals surface area contributed by atoms with Gasteiger partial charge in [-0.2, -0.15) is 0 Å². The first-order valence-corrected chi connectivity index (χ1v) is 8.50. The Morgan fingerprint density at radius 2 is 2.05 bits per heavy atom. The third-order valence-electron chi connectivity index (χ3n) is 3.95. The second-order valence-corrected chi connectivity index (χ2v) is 6.57. The van der Waals surface area contributed by atoms with Crippen molar-refractivity contribution in [3.8, 4) is 0 Å². The standard InChI is InChI=1S/C16H20N4OS/c21-15(11-14-3-1-10-22-14)19-12-13-4-8-20(9-5-13)16-17-6-2-7-18-16/h1-3,6-7,10,13H,4-5,8-9,11-12H2,(H,19,21). The summed E-state index contributed by atoms with van der Waals surface area (Å²) in [7, 11) is 0. The van der Waals surface area contributed by atoms with Gasteiger partial charge in [-0.05, 0) is 36.3 Å². The minimum Gasteiger partial charge on any atom is -0.356 e. The van der Waals surface area contributed by atoms with Crippen molar-refractivity contribution in [2.45, 2.75) is 19.3 Å². The SMILES string of the molecule is O=C(Cc1cccs1)NCC1CCN(c2ncccn2)CC1. The molecule has 1 aliphatic rings. The second kappa shape index (κ2) is 7.35. The van der Waals surface area contributed by atoms with Crippen LogP contribution in [0.15, 0.2) is 36.0 Å². The number of anilines is 1. The number of thiophene rings is 1. The molecule has 2 aromatic heterocycles. The van der Waals surface area contributed by atoms with Crippen LogP contribution >= 0.6 is 11.3 Å². The lowest BCUT2D eigenvalue weighted by Crippen LogP contribution is -2.39. The smallest absolute Gasteiger partial charge is 0.225 e. The van der Waals surface area contributed by atoms with Gasteiger partial charge in [0.1, 0.15) is 0 Å². The predicted octanol–water partition coefficient (Wildman–Crippen LogP) is 2.11. The molecule has 1 aliphatic heterocycles. The zero-order valence-electron chi connectivity index (χ0n) is 12.4. The van der Waals surface area contributed by atoms with E-state index in [0.29, 0.717) is 12.3 Å². The minimum atomic E-state index is 0.122. The second-order valence-electron chi connectivity index (χ2n) is 5.54. The summed E-state index contributed by atoms with van der Waals surface area (Å²) in [6, 6.07) is 5.82. The normalized spacial score (nSPS) is 15.7. The van der Waals surface area contributed by atoms with Crippen molar-refractivity contribution < 1.29 is 4.79 Å². The van der Waals surface area contributed by atoms with E-state index in [0.717, 1.165) is 43.3 Å². The zero-order chi connectivity index (χ0) is 15.2. The van der Waals surface area contributed by atoms with Crippen molar-refractivity contribution in [2.24, 2.45) is 5.92 Å². The van der Waals surface area contributed by atoms with Gasteiger partial charge in [-0.15, -0.1) is 11.3 Å². The Hall–Kier alpha value is -1.95. The van der Waals surface area contributed by atoms with E-state index in [2.05, 4.69) is 20.2 Å². The van der Waals surface area contributed by atoms with Crippen molar-refractivity contribution in [1.29, 1.82) is 0 Å². The number of carbonyl (C=O) groups excluding carboxylic acids is 1. The van der Waals surface area contributed by atoms with Crippen LogP contribution in [0.25, 0.3) is 0 Å². The molecule has 0 aliphatic carbocycles. The van der Waals surface area contributed by atoms with E-state index < -0.39 is 0 Å². The number of rotatable bonds is 5. The number of aromatic nitrogens is 2. The highest BCUT2D eigenvalue weighted by atomic mass is 32.1. The lowest BCUT2D eigenvalue weighted by atomic mass is 9.97. The first-order valence-electron chi connectivity index (χ1n) is 7.62. The molecule has 2 aromatic rings. The third kappa shape index (κ3) is 4.04. The highest BCUT2D eigenvalue weighted by Gasteiger charge is 2.21. The molecule has 3 rings (SSSR count). The quantitative estimate of drug-likeness (QED) is 0.918. The van der Waals surface area contributed by atoms with Crippen molar-refractivity contribution in [2.75, 3.05) is 24.5 Å². The van der Waals surface area contributed by atoms with Gasteiger partial charge in [-0.3, -0.25) is 4.79 Å². The number of hydrogen-bond acceptors (Lipinski definition) is 5. The molecule has 1 saturated heterocycles. The topological polar surface area (TPSA) is 58.1 Å². The molecule has 6 heteroatoms. The highest BCUT2D eigenvalue weighted by Crippen LogP contribution is 2.19. The van der Waals surface area contributed by atoms with E-state index in [1.165, 1.54) is 0 Å². The van der Waals surface area contributed by atoms with Gasteiger partial charge in [0.25, 0.3) is 0 Å². The summed E-state index contributed by atoms with van der Waals surface area (Å²) in [6.07, 6.45) is 6.18. The average molecular weight is 316 g/mol. The minimum absolute atomic E-state index is 0.122. The molecule has 0 aromatic carbocycles. The van der Waals surface area contributed by atoms with Crippen LogP contribution in [-0.4, -0.2) is 35.5 Å². The Morgan fingerprint density at radius 1 is 1.27 bits per heavy atom. The maximum absolute atomic E-state index is 11.9. The van der Waals surface area contributed by atoms with Crippen LogP contribution in [0.5, 0.6) is 0 Å². The molecule has 22 heavy (non-hydrogen) atoms. The fraction of sp³-hybridized carbons (Fsp3) is 0.438. The van der Waals surface area contributed by atoms with E-state index >= 15 is 0 Å². The molecule has 1 amide bonds. The monoisotopic (exact) mass is 316 g/mol. The first kappa shape index (κ1) is 15.0. The van der Waals surface area contributed by atoms with Crippen molar-refractivity contribution in [3.05, 3.63) is 40.8 Å². The van der Waals surface area contributed by atoms with Crippen LogP contribution in [0.1, 0.15) is 17.7 Å². The van der Waals surface area contributed by atoms with E-state index in [4.69, 9.17) is 0 Å². The van der Waals surface area contributed by atoms with Crippen molar-refractivity contribution >= 4 is 23.2 Å². The Morgan fingerprint density at radius 3 is 2.73 bits per heavy atom. The molecule has 0 radical (unpaired) electrons. The van der Waals surface area contributed by atoms with Gasteiger partial charge >= 0.3 is 0 Å². The summed E-state index contributed by atoms with van der Waals surface area (Å²) in [5.74, 6) is 1.48. The average Bonchev–Trinajstić information content (AvgIpc) is 3.07.